The number of carbonyl (C=O) groups excluding carboxylic acids is 3. The van der Waals surface area contributed by atoms with Crippen molar-refractivity contribution in [2.75, 3.05) is 13.2 Å². The SMILES string of the molecule is CCOC(=O)CCN(C(=O)CCC(=O)c1ccc(C)cc1)C1CCCC1. The first-order valence-electron chi connectivity index (χ1n) is 9.56. The molecule has 0 saturated heterocycles. The van der Waals surface area contributed by atoms with Crippen LogP contribution in [-0.4, -0.2) is 41.8 Å². The highest BCUT2D eigenvalue weighted by molar-refractivity contribution is 5.98. The number of carbonyl (C=O) groups is 3. The maximum absolute atomic E-state index is 12.7. The van der Waals surface area contributed by atoms with Crippen LogP contribution in [0.5, 0.6) is 0 Å². The molecule has 1 aromatic rings. The topological polar surface area (TPSA) is 63.7 Å². The zero-order chi connectivity index (χ0) is 18.9. The largest absolute Gasteiger partial charge is 0.466 e. The molecule has 0 heterocycles. The number of ketones is 1. The first-order valence-corrected chi connectivity index (χ1v) is 9.56. The maximum Gasteiger partial charge on any atom is 0.307 e. The Balaban J connectivity index is 1.91. The van der Waals surface area contributed by atoms with Crippen LogP contribution >= 0.6 is 0 Å². The Kier molecular flexibility index (Phi) is 7.82. The number of aryl methyl sites for hydroxylation is 1. The molecule has 0 aromatic heterocycles. The molecule has 1 saturated carbocycles. The first kappa shape index (κ1) is 20.1. The molecule has 0 N–H and O–H groups in total. The molecule has 1 fully saturated rings. The van der Waals surface area contributed by atoms with E-state index in [2.05, 4.69) is 0 Å². The van der Waals surface area contributed by atoms with Crippen LogP contribution in [0.3, 0.4) is 0 Å². The first-order chi connectivity index (χ1) is 12.5. The second-order valence-corrected chi connectivity index (χ2v) is 6.87. The molecular weight excluding hydrogens is 330 g/mol. The molecule has 0 unspecified atom stereocenters. The summed E-state index contributed by atoms with van der Waals surface area (Å²) in [6.07, 6.45) is 4.76. The molecule has 1 aromatic carbocycles. The van der Waals surface area contributed by atoms with Crippen molar-refractivity contribution in [3.05, 3.63) is 35.4 Å². The minimum Gasteiger partial charge on any atom is -0.466 e. The van der Waals surface area contributed by atoms with Crippen molar-refractivity contribution < 1.29 is 19.1 Å². The van der Waals surface area contributed by atoms with Crippen molar-refractivity contribution in [3.63, 3.8) is 0 Å². The van der Waals surface area contributed by atoms with Crippen molar-refractivity contribution in [1.29, 1.82) is 0 Å². The monoisotopic (exact) mass is 359 g/mol. The van der Waals surface area contributed by atoms with Gasteiger partial charge in [-0.3, -0.25) is 14.4 Å². The number of amides is 1. The number of ether oxygens (including phenoxy) is 1. The van der Waals surface area contributed by atoms with Gasteiger partial charge in [-0.25, -0.2) is 0 Å². The van der Waals surface area contributed by atoms with E-state index in [-0.39, 0.29) is 43.0 Å². The third-order valence-electron chi connectivity index (χ3n) is 4.89. The highest BCUT2D eigenvalue weighted by Gasteiger charge is 2.27. The minimum absolute atomic E-state index is 0.0184. The Bertz CT molecular complexity index is 617. The summed E-state index contributed by atoms with van der Waals surface area (Å²) in [5.74, 6) is -0.337. The summed E-state index contributed by atoms with van der Waals surface area (Å²) in [4.78, 5) is 38.5. The van der Waals surface area contributed by atoms with Crippen LogP contribution in [0, 0.1) is 6.92 Å². The molecule has 0 bridgehead atoms. The van der Waals surface area contributed by atoms with Crippen molar-refractivity contribution in [2.24, 2.45) is 0 Å². The second-order valence-electron chi connectivity index (χ2n) is 6.87. The predicted molar refractivity (Wildman–Crippen MR) is 100.0 cm³/mol. The van der Waals surface area contributed by atoms with E-state index in [1.165, 1.54) is 0 Å². The van der Waals surface area contributed by atoms with Gasteiger partial charge in [0.05, 0.1) is 13.0 Å². The maximum atomic E-state index is 12.7. The van der Waals surface area contributed by atoms with Crippen LogP contribution in [0.4, 0.5) is 0 Å². The summed E-state index contributed by atoms with van der Waals surface area (Å²) in [5.41, 5.74) is 1.74. The van der Waals surface area contributed by atoms with Crippen LogP contribution in [0.2, 0.25) is 0 Å². The molecule has 1 aliphatic rings. The Morgan fingerprint density at radius 1 is 1.04 bits per heavy atom. The molecule has 5 nitrogen and oxygen atoms in total. The van der Waals surface area contributed by atoms with E-state index in [1.807, 2.05) is 19.1 Å². The zero-order valence-corrected chi connectivity index (χ0v) is 15.8. The smallest absolute Gasteiger partial charge is 0.307 e. The van der Waals surface area contributed by atoms with Gasteiger partial charge >= 0.3 is 5.97 Å². The van der Waals surface area contributed by atoms with Gasteiger partial charge in [-0.1, -0.05) is 42.7 Å². The van der Waals surface area contributed by atoms with E-state index in [9.17, 15) is 14.4 Å². The second kappa shape index (κ2) is 10.1. The van der Waals surface area contributed by atoms with E-state index >= 15 is 0 Å². The summed E-state index contributed by atoms with van der Waals surface area (Å²) in [7, 11) is 0. The number of Topliss-reactive ketones (excluding diaryl/α,β-unsaturated/α-hetero) is 1. The van der Waals surface area contributed by atoms with Gasteiger partial charge in [-0.2, -0.15) is 0 Å². The Hall–Kier alpha value is -2.17. The van der Waals surface area contributed by atoms with Gasteiger partial charge in [0.1, 0.15) is 0 Å². The standard InChI is InChI=1S/C21H29NO4/c1-3-26-21(25)14-15-22(18-6-4-5-7-18)20(24)13-12-19(23)17-10-8-16(2)9-11-17/h8-11,18H,3-7,12-15H2,1-2H3. The fourth-order valence-corrected chi connectivity index (χ4v) is 3.42. The average molecular weight is 359 g/mol. The van der Waals surface area contributed by atoms with Gasteiger partial charge in [0.25, 0.3) is 0 Å². The number of nitrogens with zero attached hydrogens (tertiary/aromatic N) is 1. The van der Waals surface area contributed by atoms with Gasteiger partial charge in [0.2, 0.25) is 5.91 Å². The number of hydrogen-bond donors (Lipinski definition) is 0. The van der Waals surface area contributed by atoms with Gasteiger partial charge in [0, 0.05) is 31.0 Å². The molecular formula is C21H29NO4. The number of benzene rings is 1. The van der Waals surface area contributed by atoms with Crippen LogP contribution in [0.15, 0.2) is 24.3 Å². The Labute approximate surface area is 155 Å². The third kappa shape index (κ3) is 5.97. The summed E-state index contributed by atoms with van der Waals surface area (Å²) < 4.78 is 4.97. The molecule has 1 amide bonds. The normalized spacial score (nSPS) is 14.2. The quantitative estimate of drug-likeness (QED) is 0.498. The van der Waals surface area contributed by atoms with Gasteiger partial charge in [0.15, 0.2) is 5.78 Å². The van der Waals surface area contributed by atoms with E-state index in [0.717, 1.165) is 31.2 Å². The van der Waals surface area contributed by atoms with Gasteiger partial charge in [-0.15, -0.1) is 0 Å². The molecule has 5 heteroatoms. The van der Waals surface area contributed by atoms with Crippen LogP contribution in [0.1, 0.15) is 67.8 Å². The zero-order valence-electron chi connectivity index (χ0n) is 15.8. The number of esters is 1. The highest BCUT2D eigenvalue weighted by Crippen LogP contribution is 2.24. The Morgan fingerprint density at radius 3 is 2.31 bits per heavy atom. The molecule has 0 radical (unpaired) electrons. The van der Waals surface area contributed by atoms with Crippen molar-refractivity contribution in [1.82, 2.24) is 4.90 Å². The lowest BCUT2D eigenvalue weighted by molar-refractivity contribution is -0.144. The van der Waals surface area contributed by atoms with Gasteiger partial charge < -0.3 is 9.64 Å². The Morgan fingerprint density at radius 2 is 1.69 bits per heavy atom. The molecule has 2 rings (SSSR count). The number of hydrogen-bond acceptors (Lipinski definition) is 4. The third-order valence-corrected chi connectivity index (χ3v) is 4.89. The molecule has 142 valence electrons. The molecule has 0 aliphatic heterocycles. The molecule has 0 spiro atoms. The predicted octanol–water partition coefficient (Wildman–Crippen LogP) is 3.68. The lowest BCUT2D eigenvalue weighted by atomic mass is 10.0. The highest BCUT2D eigenvalue weighted by atomic mass is 16.5. The summed E-state index contributed by atoms with van der Waals surface area (Å²) in [5, 5.41) is 0. The van der Waals surface area contributed by atoms with Gasteiger partial charge in [-0.05, 0) is 26.7 Å². The number of rotatable bonds is 9. The van der Waals surface area contributed by atoms with Crippen molar-refractivity contribution >= 4 is 17.7 Å². The van der Waals surface area contributed by atoms with E-state index in [4.69, 9.17) is 4.74 Å². The molecule has 1 aliphatic carbocycles. The summed E-state index contributed by atoms with van der Waals surface area (Å²) in [6, 6.07) is 7.60. The average Bonchev–Trinajstić information content (AvgIpc) is 3.15. The van der Waals surface area contributed by atoms with Crippen molar-refractivity contribution in [3.8, 4) is 0 Å². The molecule has 26 heavy (non-hydrogen) atoms. The van der Waals surface area contributed by atoms with Crippen LogP contribution < -0.4 is 0 Å². The fourth-order valence-electron chi connectivity index (χ4n) is 3.42. The van der Waals surface area contributed by atoms with Crippen molar-refractivity contribution in [2.45, 2.75) is 64.8 Å². The summed E-state index contributed by atoms with van der Waals surface area (Å²) in [6.45, 7) is 4.47. The fraction of sp³-hybridized carbons (Fsp3) is 0.571. The van der Waals surface area contributed by atoms with Crippen LogP contribution in [0.25, 0.3) is 0 Å². The lowest BCUT2D eigenvalue weighted by Gasteiger charge is -2.29. The van der Waals surface area contributed by atoms with E-state index in [0.29, 0.717) is 18.7 Å². The lowest BCUT2D eigenvalue weighted by Crippen LogP contribution is -2.40. The van der Waals surface area contributed by atoms with Crippen LogP contribution in [-0.2, 0) is 14.3 Å². The van der Waals surface area contributed by atoms with E-state index < -0.39 is 0 Å². The minimum atomic E-state index is -0.279. The molecule has 0 atom stereocenters. The summed E-state index contributed by atoms with van der Waals surface area (Å²) >= 11 is 0. The van der Waals surface area contributed by atoms with E-state index in [1.54, 1.807) is 24.0 Å².